The summed E-state index contributed by atoms with van der Waals surface area (Å²) in [4.78, 5) is 7.50. The highest BCUT2D eigenvalue weighted by Gasteiger charge is 2.35. The first-order valence-corrected chi connectivity index (χ1v) is 12.6. The SMILES string of the molecule is C[C@@H]1CC(/C=N/S(=O)(=O)CCCc2ccccc2)C[C@@H]1c1nnc2cnc3[nH]ccc3n12. The van der Waals surface area contributed by atoms with Crippen LogP contribution in [0.3, 0.4) is 0 Å². The fourth-order valence-electron chi connectivity index (χ4n) is 4.75. The van der Waals surface area contributed by atoms with E-state index in [0.29, 0.717) is 12.3 Å². The van der Waals surface area contributed by atoms with Crippen molar-refractivity contribution in [1.82, 2.24) is 24.6 Å². The molecule has 3 heterocycles. The molecule has 3 atom stereocenters. The van der Waals surface area contributed by atoms with Crippen molar-refractivity contribution in [3.63, 3.8) is 0 Å². The Morgan fingerprint density at radius 2 is 2.03 bits per heavy atom. The third-order valence-electron chi connectivity index (χ3n) is 6.36. The van der Waals surface area contributed by atoms with Crippen molar-refractivity contribution in [3.05, 3.63) is 60.2 Å². The van der Waals surface area contributed by atoms with Gasteiger partial charge >= 0.3 is 0 Å². The Hall–Kier alpha value is -3.07. The first kappa shape index (κ1) is 20.8. The molecule has 1 aromatic carbocycles. The third kappa shape index (κ3) is 4.17. The second-order valence-electron chi connectivity index (χ2n) is 8.67. The minimum Gasteiger partial charge on any atom is -0.345 e. The molecule has 1 fully saturated rings. The first-order valence-electron chi connectivity index (χ1n) is 11.0. The van der Waals surface area contributed by atoms with E-state index in [4.69, 9.17) is 0 Å². The number of hydrogen-bond acceptors (Lipinski definition) is 5. The standard InChI is InChI=1S/C23H26N6O2S/c1-16-12-18(14-26-32(30,31)11-5-8-17-6-3-2-4-7-17)13-19(16)23-28-27-21-15-25-22-20(29(21)23)9-10-24-22/h2-4,6-7,9-10,14-16,18-19,24H,5,8,11-13H2,1H3/b26-14+/t16-,18?,19+/m1/s1. The number of fused-ring (bicyclic) bond motifs is 3. The van der Waals surface area contributed by atoms with Gasteiger partial charge in [-0.25, -0.2) is 13.4 Å². The van der Waals surface area contributed by atoms with Gasteiger partial charge in [-0.2, -0.15) is 4.40 Å². The lowest BCUT2D eigenvalue weighted by atomic mass is 9.97. The Morgan fingerprint density at radius 3 is 2.88 bits per heavy atom. The number of sulfonamides is 1. The highest BCUT2D eigenvalue weighted by Crippen LogP contribution is 2.42. The van der Waals surface area contributed by atoms with Crippen molar-refractivity contribution in [2.45, 2.75) is 38.5 Å². The molecule has 0 bridgehead atoms. The molecule has 5 rings (SSSR count). The zero-order chi connectivity index (χ0) is 22.1. The van der Waals surface area contributed by atoms with E-state index in [1.807, 2.05) is 42.6 Å². The summed E-state index contributed by atoms with van der Waals surface area (Å²) in [7, 11) is -3.46. The van der Waals surface area contributed by atoms with E-state index in [1.54, 1.807) is 12.4 Å². The molecule has 1 unspecified atom stereocenters. The molecule has 0 amide bonds. The Labute approximate surface area is 186 Å². The number of hydrogen-bond donors (Lipinski definition) is 1. The first-order chi connectivity index (χ1) is 15.5. The highest BCUT2D eigenvalue weighted by atomic mass is 32.2. The molecule has 1 aliphatic carbocycles. The molecule has 1 aliphatic rings. The van der Waals surface area contributed by atoms with Crippen molar-refractivity contribution in [3.8, 4) is 0 Å². The van der Waals surface area contributed by atoms with E-state index in [0.717, 1.165) is 47.5 Å². The number of H-pyrrole nitrogens is 1. The summed E-state index contributed by atoms with van der Waals surface area (Å²) in [6.07, 6.45) is 8.21. The average Bonchev–Trinajstić information content (AvgIpc) is 3.50. The van der Waals surface area contributed by atoms with Crippen LogP contribution in [0.4, 0.5) is 0 Å². The minimum absolute atomic E-state index is 0.0668. The summed E-state index contributed by atoms with van der Waals surface area (Å²) < 4.78 is 30.9. The summed E-state index contributed by atoms with van der Waals surface area (Å²) in [5.41, 5.74) is 3.61. The maximum Gasteiger partial charge on any atom is 0.252 e. The number of benzene rings is 1. The van der Waals surface area contributed by atoms with Crippen molar-refractivity contribution < 1.29 is 8.42 Å². The van der Waals surface area contributed by atoms with Crippen LogP contribution in [-0.2, 0) is 16.4 Å². The van der Waals surface area contributed by atoms with Gasteiger partial charge in [0.05, 0.1) is 17.5 Å². The van der Waals surface area contributed by atoms with Gasteiger partial charge in [0, 0.05) is 18.3 Å². The number of aromatic nitrogens is 5. The number of rotatable bonds is 7. The summed E-state index contributed by atoms with van der Waals surface area (Å²) in [6, 6.07) is 11.9. The van der Waals surface area contributed by atoms with Gasteiger partial charge in [-0.05, 0) is 49.1 Å². The predicted octanol–water partition coefficient (Wildman–Crippen LogP) is 3.77. The van der Waals surface area contributed by atoms with Crippen LogP contribution in [0.5, 0.6) is 0 Å². The van der Waals surface area contributed by atoms with Crippen LogP contribution in [0, 0.1) is 11.8 Å². The lowest BCUT2D eigenvalue weighted by Crippen LogP contribution is -2.08. The van der Waals surface area contributed by atoms with Gasteiger partial charge in [0.15, 0.2) is 11.3 Å². The zero-order valence-electron chi connectivity index (χ0n) is 17.9. The third-order valence-corrected chi connectivity index (χ3v) is 7.61. The van der Waals surface area contributed by atoms with Gasteiger partial charge < -0.3 is 4.98 Å². The molecule has 9 heteroatoms. The summed E-state index contributed by atoms with van der Waals surface area (Å²) in [5, 5.41) is 8.77. The molecule has 3 aromatic heterocycles. The van der Waals surface area contributed by atoms with Crippen LogP contribution in [0.15, 0.2) is 53.2 Å². The van der Waals surface area contributed by atoms with E-state index in [1.165, 1.54) is 0 Å². The Balaban J connectivity index is 1.27. The molecular weight excluding hydrogens is 424 g/mol. The van der Waals surface area contributed by atoms with E-state index in [-0.39, 0.29) is 17.6 Å². The van der Waals surface area contributed by atoms with Crippen LogP contribution >= 0.6 is 0 Å². The van der Waals surface area contributed by atoms with Crippen LogP contribution in [0.25, 0.3) is 16.8 Å². The van der Waals surface area contributed by atoms with Crippen LogP contribution < -0.4 is 0 Å². The van der Waals surface area contributed by atoms with E-state index < -0.39 is 10.0 Å². The van der Waals surface area contributed by atoms with Gasteiger partial charge in [0.25, 0.3) is 10.0 Å². The minimum atomic E-state index is -3.46. The molecule has 0 radical (unpaired) electrons. The average molecular weight is 451 g/mol. The molecule has 1 N–H and O–H groups in total. The van der Waals surface area contributed by atoms with E-state index >= 15 is 0 Å². The van der Waals surface area contributed by atoms with Gasteiger partial charge in [-0.15, -0.1) is 10.2 Å². The molecule has 0 saturated heterocycles. The Bertz CT molecular complexity index is 1360. The normalized spacial score (nSPS) is 21.8. The summed E-state index contributed by atoms with van der Waals surface area (Å²) >= 11 is 0. The second-order valence-corrected chi connectivity index (χ2v) is 10.4. The summed E-state index contributed by atoms with van der Waals surface area (Å²) in [6.45, 7) is 2.18. The number of aromatic amines is 1. The smallest absolute Gasteiger partial charge is 0.252 e. The summed E-state index contributed by atoms with van der Waals surface area (Å²) in [5.74, 6) is 1.61. The second kappa shape index (κ2) is 8.46. The highest BCUT2D eigenvalue weighted by molar-refractivity contribution is 7.90. The number of nitrogens with one attached hydrogen (secondary N) is 1. The maximum atomic E-state index is 12.4. The van der Waals surface area contributed by atoms with Crippen molar-refractivity contribution in [2.75, 3.05) is 5.75 Å². The van der Waals surface area contributed by atoms with Crippen molar-refractivity contribution in [2.24, 2.45) is 16.2 Å². The quantitative estimate of drug-likeness (QED) is 0.432. The van der Waals surface area contributed by atoms with Crippen LogP contribution in [0.1, 0.15) is 43.5 Å². The fraction of sp³-hybridized carbons (Fsp3) is 0.391. The molecule has 8 nitrogen and oxygen atoms in total. The number of aryl methyl sites for hydroxylation is 1. The van der Waals surface area contributed by atoms with E-state index in [9.17, 15) is 8.42 Å². The topological polar surface area (TPSA) is 105 Å². The van der Waals surface area contributed by atoms with Gasteiger partial charge in [0.2, 0.25) is 0 Å². The Morgan fingerprint density at radius 1 is 1.19 bits per heavy atom. The van der Waals surface area contributed by atoms with Gasteiger partial charge in [0.1, 0.15) is 5.82 Å². The van der Waals surface area contributed by atoms with Gasteiger partial charge in [-0.3, -0.25) is 4.40 Å². The van der Waals surface area contributed by atoms with Crippen molar-refractivity contribution in [1.29, 1.82) is 0 Å². The molecule has 4 aromatic rings. The Kier molecular flexibility index (Phi) is 5.50. The molecule has 0 spiro atoms. The van der Waals surface area contributed by atoms with Crippen LogP contribution in [-0.4, -0.2) is 45.0 Å². The lowest BCUT2D eigenvalue weighted by Gasteiger charge is -2.13. The monoisotopic (exact) mass is 450 g/mol. The van der Waals surface area contributed by atoms with E-state index in [2.05, 4.69) is 35.9 Å². The molecule has 32 heavy (non-hydrogen) atoms. The maximum absolute atomic E-state index is 12.4. The molecule has 0 aliphatic heterocycles. The van der Waals surface area contributed by atoms with Gasteiger partial charge in [-0.1, -0.05) is 37.3 Å². The molecule has 166 valence electrons. The fourth-order valence-corrected chi connectivity index (χ4v) is 5.72. The zero-order valence-corrected chi connectivity index (χ0v) is 18.7. The lowest BCUT2D eigenvalue weighted by molar-refractivity contribution is 0.507. The van der Waals surface area contributed by atoms with Crippen molar-refractivity contribution >= 4 is 33.0 Å². The largest absolute Gasteiger partial charge is 0.345 e. The molecule has 1 saturated carbocycles. The number of nitrogens with zero attached hydrogens (tertiary/aromatic N) is 5. The predicted molar refractivity (Wildman–Crippen MR) is 124 cm³/mol. The van der Waals surface area contributed by atoms with Crippen LogP contribution in [0.2, 0.25) is 0 Å². The molecular formula is C23H26N6O2S.